The topological polar surface area (TPSA) is 76.7 Å². The maximum atomic E-state index is 12.4. The maximum Gasteiger partial charge on any atom is 0.258 e. The summed E-state index contributed by atoms with van der Waals surface area (Å²) in [6.45, 7) is 6.10. The van der Waals surface area contributed by atoms with E-state index in [0.717, 1.165) is 5.56 Å². The molecule has 0 aliphatic carbocycles. The highest BCUT2D eigenvalue weighted by Gasteiger charge is 2.13. The minimum absolute atomic E-state index is 0.0441. The first kappa shape index (κ1) is 20.3. The first-order valence-corrected chi connectivity index (χ1v) is 8.83. The van der Waals surface area contributed by atoms with Crippen molar-refractivity contribution in [3.8, 4) is 11.5 Å². The lowest BCUT2D eigenvalue weighted by Crippen LogP contribution is -2.34. The highest BCUT2D eigenvalue weighted by Crippen LogP contribution is 2.28. The summed E-state index contributed by atoms with van der Waals surface area (Å²) < 4.78 is 10.8. The summed E-state index contributed by atoms with van der Waals surface area (Å²) in [4.78, 5) is 24.1. The third-order valence-corrected chi connectivity index (χ3v) is 3.81. The van der Waals surface area contributed by atoms with Gasteiger partial charge in [-0.05, 0) is 44.5 Å². The molecule has 2 N–H and O–H groups in total. The molecule has 6 heteroatoms. The van der Waals surface area contributed by atoms with E-state index in [9.17, 15) is 9.59 Å². The molecular formula is C21H26N2O4. The van der Waals surface area contributed by atoms with Crippen LogP contribution in [0, 0.1) is 6.92 Å². The number of rotatable bonds is 8. The third-order valence-electron chi connectivity index (χ3n) is 3.81. The number of hydrogen-bond acceptors (Lipinski definition) is 4. The van der Waals surface area contributed by atoms with Crippen molar-refractivity contribution >= 4 is 11.8 Å². The van der Waals surface area contributed by atoms with Crippen LogP contribution in [-0.4, -0.2) is 31.6 Å². The Balaban J connectivity index is 1.98. The van der Waals surface area contributed by atoms with Crippen LogP contribution in [0.25, 0.3) is 0 Å². The van der Waals surface area contributed by atoms with E-state index in [1.165, 1.54) is 12.7 Å². The van der Waals surface area contributed by atoms with Crippen molar-refractivity contribution in [3.05, 3.63) is 59.2 Å². The summed E-state index contributed by atoms with van der Waals surface area (Å²) in [6.07, 6.45) is 0. The number of amides is 2. The fourth-order valence-electron chi connectivity index (χ4n) is 2.43. The van der Waals surface area contributed by atoms with Crippen molar-refractivity contribution in [1.29, 1.82) is 0 Å². The lowest BCUT2D eigenvalue weighted by Gasteiger charge is -2.13. The molecule has 2 amide bonds. The Morgan fingerprint density at radius 3 is 2.37 bits per heavy atom. The summed E-state index contributed by atoms with van der Waals surface area (Å²) in [7, 11) is 1.49. The van der Waals surface area contributed by atoms with Crippen LogP contribution in [0.5, 0.6) is 11.5 Å². The van der Waals surface area contributed by atoms with E-state index >= 15 is 0 Å². The average Bonchev–Trinajstić information content (AvgIpc) is 2.65. The van der Waals surface area contributed by atoms with Crippen molar-refractivity contribution in [3.63, 3.8) is 0 Å². The van der Waals surface area contributed by atoms with E-state index in [1.807, 2.05) is 45.0 Å². The zero-order valence-electron chi connectivity index (χ0n) is 16.2. The Morgan fingerprint density at radius 1 is 1.04 bits per heavy atom. The van der Waals surface area contributed by atoms with Crippen LogP contribution in [0.1, 0.15) is 35.3 Å². The molecule has 27 heavy (non-hydrogen) atoms. The predicted octanol–water partition coefficient (Wildman–Crippen LogP) is 2.84. The van der Waals surface area contributed by atoms with E-state index in [1.54, 1.807) is 18.2 Å². The summed E-state index contributed by atoms with van der Waals surface area (Å²) in [5, 5.41) is 5.62. The fraction of sp³-hybridized carbons (Fsp3) is 0.333. The zero-order chi connectivity index (χ0) is 19.8. The van der Waals surface area contributed by atoms with E-state index in [2.05, 4.69) is 10.6 Å². The monoisotopic (exact) mass is 370 g/mol. The van der Waals surface area contributed by atoms with Gasteiger partial charge >= 0.3 is 0 Å². The predicted molar refractivity (Wildman–Crippen MR) is 104 cm³/mol. The van der Waals surface area contributed by atoms with Gasteiger partial charge in [-0.3, -0.25) is 9.59 Å². The Hall–Kier alpha value is -3.02. The van der Waals surface area contributed by atoms with Gasteiger partial charge in [0.15, 0.2) is 18.1 Å². The molecule has 0 saturated carbocycles. The molecule has 0 bridgehead atoms. The SMILES string of the molecule is COc1cc(C(=O)NCc2ccc(C)cc2)ccc1OCC(=O)NC(C)C. The van der Waals surface area contributed by atoms with E-state index in [4.69, 9.17) is 9.47 Å². The molecule has 0 heterocycles. The lowest BCUT2D eigenvalue weighted by atomic mass is 10.1. The quantitative estimate of drug-likeness (QED) is 0.749. The van der Waals surface area contributed by atoms with Gasteiger partial charge in [0.25, 0.3) is 11.8 Å². The highest BCUT2D eigenvalue weighted by molar-refractivity contribution is 5.94. The number of carbonyl (C=O) groups excluding carboxylic acids is 2. The van der Waals surface area contributed by atoms with Crippen LogP contribution in [0.4, 0.5) is 0 Å². The first-order valence-electron chi connectivity index (χ1n) is 8.83. The second-order valence-corrected chi connectivity index (χ2v) is 6.54. The molecule has 0 fully saturated rings. The minimum atomic E-state index is -0.216. The minimum Gasteiger partial charge on any atom is -0.493 e. The van der Waals surface area contributed by atoms with Crippen molar-refractivity contribution in [2.45, 2.75) is 33.4 Å². The normalized spacial score (nSPS) is 10.4. The maximum absolute atomic E-state index is 12.4. The van der Waals surface area contributed by atoms with E-state index in [0.29, 0.717) is 23.6 Å². The number of nitrogens with one attached hydrogen (secondary N) is 2. The van der Waals surface area contributed by atoms with Gasteiger partial charge in [-0.15, -0.1) is 0 Å². The van der Waals surface area contributed by atoms with Gasteiger partial charge < -0.3 is 20.1 Å². The van der Waals surface area contributed by atoms with Crippen LogP contribution < -0.4 is 20.1 Å². The van der Waals surface area contributed by atoms with Crippen molar-refractivity contribution in [1.82, 2.24) is 10.6 Å². The molecule has 0 saturated heterocycles. The number of aryl methyl sites for hydroxylation is 1. The summed E-state index contributed by atoms with van der Waals surface area (Å²) in [5.41, 5.74) is 2.66. The summed E-state index contributed by atoms with van der Waals surface area (Å²) >= 11 is 0. The van der Waals surface area contributed by atoms with E-state index in [-0.39, 0.29) is 24.5 Å². The highest BCUT2D eigenvalue weighted by atomic mass is 16.5. The van der Waals surface area contributed by atoms with Crippen LogP contribution >= 0.6 is 0 Å². The Bertz CT molecular complexity index is 785. The third kappa shape index (κ3) is 6.33. The molecule has 6 nitrogen and oxygen atoms in total. The summed E-state index contributed by atoms with van der Waals surface area (Å²) in [6, 6.07) is 12.9. The van der Waals surface area contributed by atoms with Gasteiger partial charge in [0, 0.05) is 18.2 Å². The average molecular weight is 370 g/mol. The number of benzene rings is 2. The number of ether oxygens (including phenoxy) is 2. The van der Waals surface area contributed by atoms with Crippen LogP contribution in [0.15, 0.2) is 42.5 Å². The molecular weight excluding hydrogens is 344 g/mol. The van der Waals surface area contributed by atoms with Gasteiger partial charge in [-0.1, -0.05) is 29.8 Å². The molecule has 2 aromatic rings. The molecule has 0 atom stereocenters. The Morgan fingerprint density at radius 2 is 1.74 bits per heavy atom. The second kappa shape index (κ2) is 9.62. The number of carbonyl (C=O) groups is 2. The van der Waals surface area contributed by atoms with Gasteiger partial charge in [-0.2, -0.15) is 0 Å². The second-order valence-electron chi connectivity index (χ2n) is 6.54. The number of methoxy groups -OCH3 is 1. The lowest BCUT2D eigenvalue weighted by molar-refractivity contribution is -0.123. The molecule has 2 rings (SSSR count). The molecule has 0 radical (unpaired) electrons. The summed E-state index contributed by atoms with van der Waals surface area (Å²) in [5.74, 6) is 0.381. The molecule has 0 aliphatic heterocycles. The zero-order valence-corrected chi connectivity index (χ0v) is 16.2. The van der Waals surface area contributed by atoms with Crippen LogP contribution in [0.3, 0.4) is 0 Å². The largest absolute Gasteiger partial charge is 0.493 e. The van der Waals surface area contributed by atoms with Crippen molar-refractivity contribution < 1.29 is 19.1 Å². The van der Waals surface area contributed by atoms with E-state index < -0.39 is 0 Å². The molecule has 2 aromatic carbocycles. The van der Waals surface area contributed by atoms with Gasteiger partial charge in [0.1, 0.15) is 0 Å². The fourth-order valence-corrected chi connectivity index (χ4v) is 2.43. The Kier molecular flexibility index (Phi) is 7.23. The van der Waals surface area contributed by atoms with Gasteiger partial charge in [-0.25, -0.2) is 0 Å². The molecule has 0 aromatic heterocycles. The van der Waals surface area contributed by atoms with Gasteiger partial charge in [0.2, 0.25) is 0 Å². The molecule has 144 valence electrons. The van der Waals surface area contributed by atoms with Crippen LogP contribution in [-0.2, 0) is 11.3 Å². The van der Waals surface area contributed by atoms with Crippen molar-refractivity contribution in [2.24, 2.45) is 0 Å². The van der Waals surface area contributed by atoms with Crippen molar-refractivity contribution in [2.75, 3.05) is 13.7 Å². The molecule has 0 spiro atoms. The Labute approximate surface area is 159 Å². The molecule has 0 aliphatic rings. The number of hydrogen-bond donors (Lipinski definition) is 2. The first-order chi connectivity index (χ1) is 12.9. The smallest absolute Gasteiger partial charge is 0.258 e. The standard InChI is InChI=1S/C21H26N2O4/c1-14(2)23-20(24)13-27-18-10-9-17(11-19(18)26-4)21(25)22-12-16-7-5-15(3)6-8-16/h5-11,14H,12-13H2,1-4H3,(H,22,25)(H,23,24). The molecule has 0 unspecified atom stereocenters. The van der Waals surface area contributed by atoms with Crippen LogP contribution in [0.2, 0.25) is 0 Å². The van der Waals surface area contributed by atoms with Gasteiger partial charge in [0.05, 0.1) is 7.11 Å².